The van der Waals surface area contributed by atoms with Gasteiger partial charge in [-0.25, -0.2) is 8.78 Å². The number of nitrogens with zero attached hydrogens (tertiary/aromatic N) is 1. The molecule has 1 aromatic carbocycles. The van der Waals surface area contributed by atoms with Crippen molar-refractivity contribution in [1.82, 2.24) is 4.90 Å². The third-order valence-electron chi connectivity index (χ3n) is 3.63. The molecule has 0 amide bonds. The van der Waals surface area contributed by atoms with Gasteiger partial charge in [-0.15, -0.1) is 0 Å². The van der Waals surface area contributed by atoms with E-state index < -0.39 is 11.6 Å². The van der Waals surface area contributed by atoms with Gasteiger partial charge in [-0.2, -0.15) is 11.8 Å². The second kappa shape index (κ2) is 6.68. The smallest absolute Gasteiger partial charge is 0.126 e. The minimum atomic E-state index is -0.564. The van der Waals surface area contributed by atoms with Crippen LogP contribution >= 0.6 is 11.8 Å². The molecule has 0 bridgehead atoms. The summed E-state index contributed by atoms with van der Waals surface area (Å²) >= 11 is 1.97. The van der Waals surface area contributed by atoms with Gasteiger partial charge in [0.1, 0.15) is 11.6 Å². The van der Waals surface area contributed by atoms with Crippen molar-refractivity contribution in [3.8, 4) is 0 Å². The van der Waals surface area contributed by atoms with Gasteiger partial charge in [0.25, 0.3) is 0 Å². The van der Waals surface area contributed by atoms with E-state index in [0.717, 1.165) is 12.6 Å². The molecule has 1 aliphatic heterocycles. The quantitative estimate of drug-likeness (QED) is 0.902. The predicted octanol–water partition coefficient (Wildman–Crippen LogP) is 2.79. The summed E-state index contributed by atoms with van der Waals surface area (Å²) in [6, 6.07) is 3.80. The van der Waals surface area contributed by atoms with Crippen LogP contribution in [0.4, 0.5) is 8.78 Å². The van der Waals surface area contributed by atoms with E-state index in [9.17, 15) is 8.78 Å². The Morgan fingerprint density at radius 1 is 1.37 bits per heavy atom. The number of halogens is 2. The Kier molecular flexibility index (Phi) is 5.19. The summed E-state index contributed by atoms with van der Waals surface area (Å²) in [6.45, 7) is 0.852. The lowest BCUT2D eigenvalue weighted by molar-refractivity contribution is 0.253. The third-order valence-corrected chi connectivity index (χ3v) is 4.78. The SMILES string of the molecule is CN(CCC(N)c1cc(F)cc(F)c1)C1CCSC1. The first-order valence-corrected chi connectivity index (χ1v) is 7.71. The molecule has 1 saturated heterocycles. The van der Waals surface area contributed by atoms with Gasteiger partial charge in [-0.05, 0) is 49.9 Å². The van der Waals surface area contributed by atoms with E-state index in [1.54, 1.807) is 0 Å². The fourth-order valence-electron chi connectivity index (χ4n) is 2.35. The van der Waals surface area contributed by atoms with Gasteiger partial charge in [-0.1, -0.05) is 0 Å². The van der Waals surface area contributed by atoms with Crippen LogP contribution in [-0.2, 0) is 0 Å². The van der Waals surface area contributed by atoms with Crippen LogP contribution in [0.15, 0.2) is 18.2 Å². The molecular formula is C14H20F2N2S. The highest BCUT2D eigenvalue weighted by Crippen LogP contribution is 2.23. The zero-order chi connectivity index (χ0) is 13.8. The van der Waals surface area contributed by atoms with E-state index in [2.05, 4.69) is 11.9 Å². The zero-order valence-corrected chi connectivity index (χ0v) is 11.9. The van der Waals surface area contributed by atoms with Crippen molar-refractivity contribution in [3.05, 3.63) is 35.4 Å². The normalized spacial score (nSPS) is 21.0. The summed E-state index contributed by atoms with van der Waals surface area (Å²) in [5.41, 5.74) is 6.55. The first kappa shape index (κ1) is 14.8. The molecule has 2 rings (SSSR count). The molecule has 0 saturated carbocycles. The largest absolute Gasteiger partial charge is 0.324 e. The van der Waals surface area contributed by atoms with E-state index in [1.807, 2.05) is 11.8 Å². The second-order valence-electron chi connectivity index (χ2n) is 5.10. The maximum absolute atomic E-state index is 13.1. The number of nitrogens with two attached hydrogens (primary N) is 1. The standard InChI is InChI=1S/C14H20F2N2S/c1-18(13-3-5-19-9-13)4-2-14(17)10-6-11(15)8-12(16)7-10/h6-8,13-14H,2-5,9,17H2,1H3. The molecular weight excluding hydrogens is 266 g/mol. The number of hydrogen-bond acceptors (Lipinski definition) is 3. The topological polar surface area (TPSA) is 29.3 Å². The zero-order valence-electron chi connectivity index (χ0n) is 11.1. The van der Waals surface area contributed by atoms with Crippen LogP contribution in [0.2, 0.25) is 0 Å². The molecule has 1 fully saturated rings. The molecule has 1 aliphatic rings. The van der Waals surface area contributed by atoms with Crippen molar-refractivity contribution in [2.45, 2.75) is 24.9 Å². The average molecular weight is 286 g/mol. The monoisotopic (exact) mass is 286 g/mol. The fourth-order valence-corrected chi connectivity index (χ4v) is 3.65. The van der Waals surface area contributed by atoms with Gasteiger partial charge >= 0.3 is 0 Å². The van der Waals surface area contributed by atoms with Crippen LogP contribution in [0.1, 0.15) is 24.4 Å². The minimum Gasteiger partial charge on any atom is -0.324 e. The maximum atomic E-state index is 13.1. The highest BCUT2D eigenvalue weighted by molar-refractivity contribution is 7.99. The van der Waals surface area contributed by atoms with E-state index in [0.29, 0.717) is 18.0 Å². The summed E-state index contributed by atoms with van der Waals surface area (Å²) in [5.74, 6) is 1.26. The van der Waals surface area contributed by atoms with Crippen LogP contribution < -0.4 is 5.73 Å². The Hall–Kier alpha value is -0.650. The fraction of sp³-hybridized carbons (Fsp3) is 0.571. The van der Waals surface area contributed by atoms with Crippen LogP contribution in [-0.4, -0.2) is 36.0 Å². The Labute approximate surface area is 117 Å². The molecule has 1 aromatic rings. The summed E-state index contributed by atoms with van der Waals surface area (Å²) < 4.78 is 26.2. The van der Waals surface area contributed by atoms with Crippen molar-refractivity contribution >= 4 is 11.8 Å². The molecule has 0 aliphatic carbocycles. The van der Waals surface area contributed by atoms with Gasteiger partial charge in [-0.3, -0.25) is 0 Å². The van der Waals surface area contributed by atoms with Crippen molar-refractivity contribution in [2.24, 2.45) is 5.73 Å². The molecule has 2 nitrogen and oxygen atoms in total. The van der Waals surface area contributed by atoms with E-state index in [1.165, 1.54) is 30.1 Å². The number of hydrogen-bond donors (Lipinski definition) is 1. The number of rotatable bonds is 5. The maximum Gasteiger partial charge on any atom is 0.126 e. The Bertz CT molecular complexity index is 402. The van der Waals surface area contributed by atoms with Crippen LogP contribution in [0.25, 0.3) is 0 Å². The molecule has 1 heterocycles. The lowest BCUT2D eigenvalue weighted by atomic mass is 10.0. The molecule has 106 valence electrons. The highest BCUT2D eigenvalue weighted by Gasteiger charge is 2.20. The predicted molar refractivity (Wildman–Crippen MR) is 76.3 cm³/mol. The van der Waals surface area contributed by atoms with Crippen LogP contribution in [0.3, 0.4) is 0 Å². The minimum absolute atomic E-state index is 0.318. The van der Waals surface area contributed by atoms with Crippen LogP contribution in [0, 0.1) is 11.6 Å². The first-order chi connectivity index (χ1) is 9.06. The second-order valence-corrected chi connectivity index (χ2v) is 6.25. The summed E-state index contributed by atoms with van der Waals surface area (Å²) in [4.78, 5) is 2.30. The number of benzene rings is 1. The van der Waals surface area contributed by atoms with Crippen molar-refractivity contribution in [2.75, 3.05) is 25.1 Å². The first-order valence-electron chi connectivity index (χ1n) is 6.56. The van der Waals surface area contributed by atoms with Gasteiger partial charge in [0.05, 0.1) is 0 Å². The Morgan fingerprint density at radius 2 is 2.05 bits per heavy atom. The summed E-state index contributed by atoms with van der Waals surface area (Å²) in [6.07, 6.45) is 1.92. The molecule has 0 radical (unpaired) electrons. The molecule has 2 atom stereocenters. The Morgan fingerprint density at radius 3 is 2.63 bits per heavy atom. The lowest BCUT2D eigenvalue weighted by Crippen LogP contribution is -2.33. The van der Waals surface area contributed by atoms with Crippen molar-refractivity contribution < 1.29 is 8.78 Å². The van der Waals surface area contributed by atoms with Gasteiger partial charge < -0.3 is 10.6 Å². The van der Waals surface area contributed by atoms with Gasteiger partial charge in [0, 0.05) is 23.9 Å². The van der Waals surface area contributed by atoms with E-state index in [-0.39, 0.29) is 6.04 Å². The van der Waals surface area contributed by atoms with Crippen LogP contribution in [0.5, 0.6) is 0 Å². The summed E-state index contributed by atoms with van der Waals surface area (Å²) in [7, 11) is 2.09. The molecule has 2 unspecified atom stereocenters. The molecule has 5 heteroatoms. The van der Waals surface area contributed by atoms with Crippen molar-refractivity contribution in [1.29, 1.82) is 0 Å². The molecule has 2 N–H and O–H groups in total. The highest BCUT2D eigenvalue weighted by atomic mass is 32.2. The molecule has 0 spiro atoms. The molecule has 0 aromatic heterocycles. The Balaban J connectivity index is 1.87. The summed E-state index contributed by atoms with van der Waals surface area (Å²) in [5, 5.41) is 0. The van der Waals surface area contributed by atoms with Gasteiger partial charge in [0.15, 0.2) is 0 Å². The molecule has 19 heavy (non-hydrogen) atoms. The van der Waals surface area contributed by atoms with E-state index >= 15 is 0 Å². The number of thioether (sulfide) groups is 1. The average Bonchev–Trinajstić information content (AvgIpc) is 2.88. The van der Waals surface area contributed by atoms with E-state index in [4.69, 9.17) is 5.73 Å². The van der Waals surface area contributed by atoms with Gasteiger partial charge in [0.2, 0.25) is 0 Å². The lowest BCUT2D eigenvalue weighted by Gasteiger charge is -2.25. The van der Waals surface area contributed by atoms with Crippen molar-refractivity contribution in [3.63, 3.8) is 0 Å². The third kappa shape index (κ3) is 4.16.